The quantitative estimate of drug-likeness (QED) is 0.573. The van der Waals surface area contributed by atoms with Crippen molar-refractivity contribution in [2.45, 2.75) is 51.0 Å². The van der Waals surface area contributed by atoms with Crippen LogP contribution in [0, 0.1) is 5.82 Å². The highest BCUT2D eigenvalue weighted by Gasteiger charge is 2.29. The van der Waals surface area contributed by atoms with Gasteiger partial charge in [-0.25, -0.2) is 4.39 Å². The first-order valence-corrected chi connectivity index (χ1v) is 11.0. The summed E-state index contributed by atoms with van der Waals surface area (Å²) in [5, 5.41) is 0.791. The van der Waals surface area contributed by atoms with Crippen LogP contribution in [0.25, 0.3) is 11.1 Å². The molecule has 0 bridgehead atoms. The van der Waals surface area contributed by atoms with E-state index in [1.807, 2.05) is 0 Å². The topological polar surface area (TPSA) is 38.8 Å². The van der Waals surface area contributed by atoms with Crippen LogP contribution < -0.4 is 0 Å². The SMILES string of the molecule is O=C1CCC(OC2CCCCO2)CN1Cc1ccc(F)c(-c2ccc(Cl)c(Cl)c2)c1. The first-order chi connectivity index (χ1) is 14.5. The summed E-state index contributed by atoms with van der Waals surface area (Å²) >= 11 is 12.1. The molecular weight excluding hydrogens is 428 g/mol. The Morgan fingerprint density at radius 3 is 2.73 bits per heavy atom. The molecule has 0 radical (unpaired) electrons. The third-order valence-corrected chi connectivity index (χ3v) is 6.31. The second kappa shape index (κ2) is 9.65. The summed E-state index contributed by atoms with van der Waals surface area (Å²) in [6.07, 6.45) is 4.00. The number of ether oxygens (including phenoxy) is 2. The van der Waals surface area contributed by atoms with Gasteiger partial charge in [0.1, 0.15) is 5.82 Å². The monoisotopic (exact) mass is 451 g/mol. The van der Waals surface area contributed by atoms with E-state index in [1.54, 1.807) is 35.2 Å². The maximum Gasteiger partial charge on any atom is 0.223 e. The number of halogens is 3. The third kappa shape index (κ3) is 5.14. The van der Waals surface area contributed by atoms with Crippen LogP contribution in [-0.4, -0.2) is 36.4 Å². The molecule has 160 valence electrons. The van der Waals surface area contributed by atoms with Gasteiger partial charge in [0.15, 0.2) is 6.29 Å². The van der Waals surface area contributed by atoms with E-state index in [0.717, 1.165) is 31.4 Å². The van der Waals surface area contributed by atoms with E-state index in [9.17, 15) is 9.18 Å². The number of benzene rings is 2. The van der Waals surface area contributed by atoms with Gasteiger partial charge >= 0.3 is 0 Å². The lowest BCUT2D eigenvalue weighted by Crippen LogP contribution is -2.44. The predicted molar refractivity (Wildman–Crippen MR) is 115 cm³/mol. The van der Waals surface area contributed by atoms with Crippen molar-refractivity contribution in [1.29, 1.82) is 0 Å². The normalized spacial score (nSPS) is 22.4. The van der Waals surface area contributed by atoms with Crippen LogP contribution in [0.1, 0.15) is 37.7 Å². The third-order valence-electron chi connectivity index (χ3n) is 5.57. The van der Waals surface area contributed by atoms with Crippen LogP contribution in [0.15, 0.2) is 36.4 Å². The smallest absolute Gasteiger partial charge is 0.223 e. The van der Waals surface area contributed by atoms with Gasteiger partial charge in [0, 0.05) is 31.7 Å². The molecule has 2 aliphatic rings. The molecule has 2 saturated heterocycles. The molecule has 2 aliphatic heterocycles. The minimum absolute atomic E-state index is 0.0409. The van der Waals surface area contributed by atoms with Crippen LogP contribution in [0.3, 0.4) is 0 Å². The Morgan fingerprint density at radius 1 is 1.10 bits per heavy atom. The summed E-state index contributed by atoms with van der Waals surface area (Å²) in [7, 11) is 0. The first kappa shape index (κ1) is 21.6. The summed E-state index contributed by atoms with van der Waals surface area (Å²) < 4.78 is 26.2. The summed E-state index contributed by atoms with van der Waals surface area (Å²) in [4.78, 5) is 14.3. The number of hydrogen-bond acceptors (Lipinski definition) is 3. The van der Waals surface area contributed by atoms with Crippen molar-refractivity contribution in [2.75, 3.05) is 13.2 Å². The number of carbonyl (C=O) groups is 1. The molecule has 2 atom stereocenters. The van der Waals surface area contributed by atoms with Crippen molar-refractivity contribution >= 4 is 29.1 Å². The first-order valence-electron chi connectivity index (χ1n) is 10.3. The van der Waals surface area contributed by atoms with Gasteiger partial charge in [-0.15, -0.1) is 0 Å². The number of amides is 1. The Labute approximate surface area is 185 Å². The summed E-state index contributed by atoms with van der Waals surface area (Å²) in [6, 6.07) is 9.91. The van der Waals surface area contributed by atoms with Crippen LogP contribution >= 0.6 is 23.2 Å². The lowest BCUT2D eigenvalue weighted by molar-refractivity contribution is -0.198. The van der Waals surface area contributed by atoms with Gasteiger partial charge in [0.05, 0.1) is 16.1 Å². The fourth-order valence-electron chi connectivity index (χ4n) is 3.95. The van der Waals surface area contributed by atoms with E-state index in [2.05, 4.69) is 0 Å². The van der Waals surface area contributed by atoms with Crippen molar-refractivity contribution in [1.82, 2.24) is 4.90 Å². The summed E-state index contributed by atoms with van der Waals surface area (Å²) in [5.41, 5.74) is 1.92. The highest BCUT2D eigenvalue weighted by molar-refractivity contribution is 6.42. The molecule has 2 fully saturated rings. The predicted octanol–water partition coefficient (Wildman–Crippen LogP) is 5.83. The molecule has 2 heterocycles. The molecule has 0 spiro atoms. The molecule has 30 heavy (non-hydrogen) atoms. The van der Waals surface area contributed by atoms with E-state index in [4.69, 9.17) is 32.7 Å². The number of nitrogens with zero attached hydrogens (tertiary/aromatic N) is 1. The van der Waals surface area contributed by atoms with Crippen molar-refractivity contribution in [3.63, 3.8) is 0 Å². The summed E-state index contributed by atoms with van der Waals surface area (Å²) in [5.74, 6) is -0.266. The Bertz CT molecular complexity index is 917. The Kier molecular flexibility index (Phi) is 6.94. The zero-order chi connectivity index (χ0) is 21.1. The second-order valence-corrected chi connectivity index (χ2v) is 8.62. The van der Waals surface area contributed by atoms with Crippen LogP contribution in [0.4, 0.5) is 4.39 Å². The fraction of sp³-hybridized carbons (Fsp3) is 0.435. The Morgan fingerprint density at radius 2 is 1.97 bits per heavy atom. The highest BCUT2D eigenvalue weighted by atomic mass is 35.5. The maximum absolute atomic E-state index is 14.5. The van der Waals surface area contributed by atoms with E-state index >= 15 is 0 Å². The van der Waals surface area contributed by atoms with Gasteiger partial charge in [-0.05, 0) is 61.1 Å². The summed E-state index contributed by atoms with van der Waals surface area (Å²) in [6.45, 7) is 1.64. The van der Waals surface area contributed by atoms with Crippen molar-refractivity contribution in [2.24, 2.45) is 0 Å². The van der Waals surface area contributed by atoms with Gasteiger partial charge < -0.3 is 14.4 Å². The molecule has 0 N–H and O–H groups in total. The van der Waals surface area contributed by atoms with Gasteiger partial charge in [0.2, 0.25) is 5.91 Å². The molecule has 1 amide bonds. The van der Waals surface area contributed by atoms with E-state index in [0.29, 0.717) is 47.1 Å². The average molecular weight is 452 g/mol. The number of hydrogen-bond donors (Lipinski definition) is 0. The maximum atomic E-state index is 14.5. The lowest BCUT2D eigenvalue weighted by Gasteiger charge is -2.35. The largest absolute Gasteiger partial charge is 0.353 e. The standard InChI is InChI=1S/C23H24Cl2FNO3/c24-19-7-5-16(12-20(19)25)18-11-15(4-8-21(18)26)13-27-14-17(6-9-22(27)28)30-23-3-1-2-10-29-23/h4-5,7-8,11-12,17,23H,1-3,6,9-10,13-14H2. The van der Waals surface area contributed by atoms with E-state index in [1.165, 1.54) is 6.07 Å². The molecule has 2 unspecified atom stereocenters. The molecule has 2 aromatic carbocycles. The fourth-order valence-corrected chi connectivity index (χ4v) is 4.25. The van der Waals surface area contributed by atoms with E-state index in [-0.39, 0.29) is 24.1 Å². The Hall–Kier alpha value is -1.66. The van der Waals surface area contributed by atoms with Crippen LogP contribution in [0.2, 0.25) is 10.0 Å². The molecule has 2 aromatic rings. The van der Waals surface area contributed by atoms with Crippen molar-refractivity contribution in [3.8, 4) is 11.1 Å². The molecular formula is C23H24Cl2FNO3. The van der Waals surface area contributed by atoms with Gasteiger partial charge in [-0.1, -0.05) is 35.3 Å². The number of carbonyl (C=O) groups excluding carboxylic acids is 1. The number of likely N-dealkylation sites (tertiary alicyclic amines) is 1. The van der Waals surface area contributed by atoms with Crippen molar-refractivity contribution < 1.29 is 18.7 Å². The molecule has 0 aliphatic carbocycles. The molecule has 0 saturated carbocycles. The van der Waals surface area contributed by atoms with E-state index < -0.39 is 0 Å². The highest BCUT2D eigenvalue weighted by Crippen LogP contribution is 2.31. The minimum atomic E-state index is -0.349. The van der Waals surface area contributed by atoms with Gasteiger partial charge in [0.25, 0.3) is 0 Å². The van der Waals surface area contributed by atoms with Gasteiger partial charge in [-0.3, -0.25) is 4.79 Å². The molecule has 0 aromatic heterocycles. The molecule has 4 rings (SSSR count). The average Bonchev–Trinajstić information content (AvgIpc) is 2.75. The second-order valence-electron chi connectivity index (χ2n) is 7.81. The number of rotatable bonds is 5. The van der Waals surface area contributed by atoms with Crippen LogP contribution in [0.5, 0.6) is 0 Å². The molecule has 4 nitrogen and oxygen atoms in total. The minimum Gasteiger partial charge on any atom is -0.353 e. The zero-order valence-corrected chi connectivity index (χ0v) is 18.1. The lowest BCUT2D eigenvalue weighted by atomic mass is 10.0. The zero-order valence-electron chi connectivity index (χ0n) is 16.6. The Balaban J connectivity index is 1.47. The molecule has 7 heteroatoms. The van der Waals surface area contributed by atoms with Crippen LogP contribution in [-0.2, 0) is 20.8 Å². The van der Waals surface area contributed by atoms with Crippen molar-refractivity contribution in [3.05, 3.63) is 57.8 Å². The number of piperidine rings is 1. The van der Waals surface area contributed by atoms with Gasteiger partial charge in [-0.2, -0.15) is 0 Å².